The Labute approximate surface area is 46.6 Å². The number of alkyl halides is 1. The van der Waals surface area contributed by atoms with Crippen LogP contribution in [0.2, 0.25) is 0 Å². The van der Waals surface area contributed by atoms with E-state index in [9.17, 15) is 9.18 Å². The van der Waals surface area contributed by atoms with Gasteiger partial charge in [-0.15, -0.1) is 0 Å². The van der Waals surface area contributed by atoms with Crippen LogP contribution in [-0.2, 0) is 9.53 Å². The number of ether oxygens (including phenoxy) is 1. The fourth-order valence-corrected chi connectivity index (χ4v) is 0.403. The van der Waals surface area contributed by atoms with Gasteiger partial charge in [-0.3, -0.25) is 0 Å². The second-order valence-corrected chi connectivity index (χ2v) is 1.82. The van der Waals surface area contributed by atoms with E-state index < -0.39 is 12.6 Å². The van der Waals surface area contributed by atoms with Crippen LogP contribution in [0.3, 0.4) is 0 Å². The molecule has 1 saturated carbocycles. The monoisotopic (exact) mass is 118 g/mol. The number of hydrogen-bond donors (Lipinski definition) is 0. The van der Waals surface area contributed by atoms with Crippen LogP contribution >= 0.6 is 0 Å². The molecule has 1 fully saturated rings. The zero-order valence-corrected chi connectivity index (χ0v) is 4.39. The number of hydrogen-bond acceptors (Lipinski definition) is 2. The van der Waals surface area contributed by atoms with Gasteiger partial charge in [0.2, 0.25) is 0 Å². The first-order valence-electron chi connectivity index (χ1n) is 2.58. The fourth-order valence-electron chi connectivity index (χ4n) is 0.403. The average molecular weight is 118 g/mol. The topological polar surface area (TPSA) is 26.3 Å². The van der Waals surface area contributed by atoms with Crippen molar-refractivity contribution in [1.82, 2.24) is 0 Å². The average Bonchev–Trinajstić information content (AvgIpc) is 2.50. The largest absolute Gasteiger partial charge is 0.460 e. The lowest BCUT2D eigenvalue weighted by Crippen LogP contribution is -2.06. The van der Waals surface area contributed by atoms with Gasteiger partial charge in [-0.2, -0.15) is 0 Å². The van der Waals surface area contributed by atoms with Gasteiger partial charge in [-0.1, -0.05) is 0 Å². The van der Waals surface area contributed by atoms with E-state index in [1.165, 1.54) is 0 Å². The first kappa shape index (κ1) is 5.54. The van der Waals surface area contributed by atoms with E-state index in [4.69, 9.17) is 0 Å². The molecule has 0 unspecified atom stereocenters. The SMILES string of the molecule is O=C(CF)OC1CC1. The van der Waals surface area contributed by atoms with E-state index in [1.807, 2.05) is 0 Å². The molecule has 0 N–H and O–H groups in total. The molecular formula is C5H7FO2. The van der Waals surface area contributed by atoms with Crippen LogP contribution < -0.4 is 0 Å². The van der Waals surface area contributed by atoms with Crippen molar-refractivity contribution in [1.29, 1.82) is 0 Å². The van der Waals surface area contributed by atoms with Crippen molar-refractivity contribution in [3.63, 3.8) is 0 Å². The number of carbonyl (C=O) groups is 1. The Kier molecular flexibility index (Phi) is 1.46. The van der Waals surface area contributed by atoms with Gasteiger partial charge in [0.25, 0.3) is 0 Å². The number of rotatable bonds is 2. The fraction of sp³-hybridized carbons (Fsp3) is 0.800. The summed E-state index contributed by atoms with van der Waals surface area (Å²) in [4.78, 5) is 10.1. The van der Waals surface area contributed by atoms with Gasteiger partial charge in [0, 0.05) is 0 Å². The molecule has 0 aromatic carbocycles. The van der Waals surface area contributed by atoms with Crippen LogP contribution in [0.25, 0.3) is 0 Å². The van der Waals surface area contributed by atoms with E-state index in [0.29, 0.717) is 0 Å². The van der Waals surface area contributed by atoms with Crippen LogP contribution in [-0.4, -0.2) is 18.7 Å². The van der Waals surface area contributed by atoms with Gasteiger partial charge in [0.15, 0.2) is 6.67 Å². The molecular weight excluding hydrogens is 111 g/mol. The van der Waals surface area contributed by atoms with Crippen LogP contribution in [0.1, 0.15) is 12.8 Å². The third kappa shape index (κ3) is 1.48. The van der Waals surface area contributed by atoms with E-state index in [0.717, 1.165) is 12.8 Å². The molecule has 0 saturated heterocycles. The molecule has 8 heavy (non-hydrogen) atoms. The Bertz CT molecular complexity index is 98.6. The third-order valence-corrected chi connectivity index (χ3v) is 0.932. The molecule has 0 heterocycles. The van der Waals surface area contributed by atoms with Crippen molar-refractivity contribution in [2.24, 2.45) is 0 Å². The molecule has 1 aliphatic carbocycles. The smallest absolute Gasteiger partial charge is 0.337 e. The van der Waals surface area contributed by atoms with Gasteiger partial charge in [0.1, 0.15) is 6.10 Å². The minimum Gasteiger partial charge on any atom is -0.460 e. The van der Waals surface area contributed by atoms with Crippen molar-refractivity contribution >= 4 is 5.97 Å². The quantitative estimate of drug-likeness (QED) is 0.498. The van der Waals surface area contributed by atoms with Crippen LogP contribution in [0, 0.1) is 0 Å². The molecule has 0 spiro atoms. The maximum absolute atomic E-state index is 11.3. The summed E-state index contributed by atoms with van der Waals surface area (Å²) in [6, 6.07) is 0. The van der Waals surface area contributed by atoms with Gasteiger partial charge in [0.05, 0.1) is 0 Å². The molecule has 2 nitrogen and oxygen atoms in total. The molecule has 0 atom stereocenters. The maximum atomic E-state index is 11.3. The molecule has 0 aromatic heterocycles. The molecule has 0 amide bonds. The lowest BCUT2D eigenvalue weighted by molar-refractivity contribution is -0.145. The Morgan fingerprint density at radius 3 is 2.75 bits per heavy atom. The second kappa shape index (κ2) is 2.11. The van der Waals surface area contributed by atoms with Gasteiger partial charge in [-0.05, 0) is 12.8 Å². The number of esters is 1. The van der Waals surface area contributed by atoms with E-state index in [2.05, 4.69) is 4.74 Å². The Morgan fingerprint density at radius 2 is 2.38 bits per heavy atom. The minimum absolute atomic E-state index is 0.0400. The number of halogens is 1. The molecule has 0 aliphatic heterocycles. The normalized spacial score (nSPS) is 18.1. The van der Waals surface area contributed by atoms with E-state index >= 15 is 0 Å². The summed E-state index contributed by atoms with van der Waals surface area (Å²) in [5.74, 6) is -0.729. The second-order valence-electron chi connectivity index (χ2n) is 1.82. The lowest BCUT2D eigenvalue weighted by atomic mass is 10.7. The molecule has 0 aromatic rings. The van der Waals surface area contributed by atoms with Gasteiger partial charge >= 0.3 is 5.97 Å². The molecule has 0 bridgehead atoms. The highest BCUT2D eigenvalue weighted by molar-refractivity contribution is 5.70. The first-order valence-corrected chi connectivity index (χ1v) is 2.58. The maximum Gasteiger partial charge on any atom is 0.337 e. The molecule has 0 radical (unpaired) electrons. The summed E-state index contributed by atoms with van der Waals surface area (Å²) >= 11 is 0. The van der Waals surface area contributed by atoms with Crippen molar-refractivity contribution < 1.29 is 13.9 Å². The highest BCUT2D eigenvalue weighted by Crippen LogP contribution is 2.23. The van der Waals surface area contributed by atoms with Crippen LogP contribution in [0.15, 0.2) is 0 Å². The predicted molar refractivity (Wildman–Crippen MR) is 25.1 cm³/mol. The highest BCUT2D eigenvalue weighted by Gasteiger charge is 2.25. The Hall–Kier alpha value is -0.600. The van der Waals surface area contributed by atoms with Crippen molar-refractivity contribution in [3.05, 3.63) is 0 Å². The third-order valence-electron chi connectivity index (χ3n) is 0.932. The highest BCUT2D eigenvalue weighted by atomic mass is 19.1. The Morgan fingerprint density at radius 1 is 1.75 bits per heavy atom. The van der Waals surface area contributed by atoms with E-state index in [1.54, 1.807) is 0 Å². The summed E-state index contributed by atoms with van der Waals surface area (Å²) in [5, 5.41) is 0. The molecule has 46 valence electrons. The van der Waals surface area contributed by atoms with Crippen molar-refractivity contribution in [2.75, 3.05) is 6.67 Å². The van der Waals surface area contributed by atoms with Crippen LogP contribution in [0.5, 0.6) is 0 Å². The lowest BCUT2D eigenvalue weighted by Gasteiger charge is -1.94. The summed E-state index contributed by atoms with van der Waals surface area (Å²) in [7, 11) is 0. The Balaban J connectivity index is 2.07. The minimum atomic E-state index is -0.990. The first-order chi connectivity index (χ1) is 3.83. The zero-order valence-electron chi connectivity index (χ0n) is 4.39. The van der Waals surface area contributed by atoms with E-state index in [-0.39, 0.29) is 6.10 Å². The van der Waals surface area contributed by atoms with Gasteiger partial charge in [-0.25, -0.2) is 9.18 Å². The van der Waals surface area contributed by atoms with Crippen molar-refractivity contribution in [2.45, 2.75) is 18.9 Å². The standard InChI is InChI=1S/C5H7FO2/c6-3-5(7)8-4-1-2-4/h4H,1-3H2. The molecule has 3 heteroatoms. The summed E-state index contributed by atoms with van der Waals surface area (Å²) < 4.78 is 15.8. The predicted octanol–water partition coefficient (Wildman–Crippen LogP) is 0.661. The van der Waals surface area contributed by atoms with Gasteiger partial charge < -0.3 is 4.74 Å². The molecule has 1 rings (SSSR count). The summed E-state index contributed by atoms with van der Waals surface area (Å²) in [5.41, 5.74) is 0. The summed E-state index contributed by atoms with van der Waals surface area (Å²) in [6.45, 7) is -0.990. The summed E-state index contributed by atoms with van der Waals surface area (Å²) in [6.07, 6.45) is 1.86. The van der Waals surface area contributed by atoms with Crippen molar-refractivity contribution in [3.8, 4) is 0 Å². The molecule has 1 aliphatic rings. The zero-order chi connectivity index (χ0) is 5.98. The van der Waals surface area contributed by atoms with Crippen LogP contribution in [0.4, 0.5) is 4.39 Å². The number of carbonyl (C=O) groups excluding carboxylic acids is 1.